The molecule has 1 nitrogen and oxygen atoms in total. The molecule has 0 aliphatic carbocycles. The van der Waals surface area contributed by atoms with E-state index >= 15 is 0 Å². The third-order valence-corrected chi connectivity index (χ3v) is 2.72. The van der Waals surface area contributed by atoms with Gasteiger partial charge in [-0.15, -0.1) is 0 Å². The lowest BCUT2D eigenvalue weighted by Gasteiger charge is -2.14. The summed E-state index contributed by atoms with van der Waals surface area (Å²) in [7, 11) is 0. The monoisotopic (exact) mass is 191 g/mol. The van der Waals surface area contributed by atoms with Crippen LogP contribution in [0, 0.1) is 6.92 Å². The second-order valence-electron chi connectivity index (χ2n) is 3.90. The van der Waals surface area contributed by atoms with Gasteiger partial charge in [0, 0.05) is 0 Å². The van der Waals surface area contributed by atoms with E-state index in [9.17, 15) is 0 Å². The van der Waals surface area contributed by atoms with E-state index in [1.165, 1.54) is 17.5 Å². The van der Waals surface area contributed by atoms with Crippen LogP contribution in [0.4, 0.5) is 0 Å². The van der Waals surface area contributed by atoms with Crippen LogP contribution < -0.4 is 5.32 Å². The molecule has 1 heteroatoms. The molecule has 1 aromatic carbocycles. The van der Waals surface area contributed by atoms with Crippen molar-refractivity contribution in [3.8, 4) is 0 Å². The Balaban J connectivity index is 2.51. The van der Waals surface area contributed by atoms with Crippen LogP contribution in [0.15, 0.2) is 24.3 Å². The van der Waals surface area contributed by atoms with Gasteiger partial charge in [-0.25, -0.2) is 0 Å². The Morgan fingerprint density at radius 2 is 2.00 bits per heavy atom. The SMILES string of the molecule is CCNCCC(C)c1ccccc1C. The van der Waals surface area contributed by atoms with E-state index in [4.69, 9.17) is 0 Å². The minimum absolute atomic E-state index is 0.662. The Kier molecular flexibility index (Phi) is 4.68. The molecule has 1 atom stereocenters. The van der Waals surface area contributed by atoms with Crippen molar-refractivity contribution in [1.29, 1.82) is 0 Å². The Hall–Kier alpha value is -0.820. The third-order valence-electron chi connectivity index (χ3n) is 2.72. The van der Waals surface area contributed by atoms with E-state index < -0.39 is 0 Å². The minimum Gasteiger partial charge on any atom is -0.317 e. The highest BCUT2D eigenvalue weighted by molar-refractivity contribution is 5.28. The quantitative estimate of drug-likeness (QED) is 0.705. The van der Waals surface area contributed by atoms with Gasteiger partial charge in [0.25, 0.3) is 0 Å². The highest BCUT2D eigenvalue weighted by atomic mass is 14.8. The van der Waals surface area contributed by atoms with Gasteiger partial charge in [-0.3, -0.25) is 0 Å². The van der Waals surface area contributed by atoms with Gasteiger partial charge in [-0.1, -0.05) is 38.1 Å². The van der Waals surface area contributed by atoms with Gasteiger partial charge in [0.2, 0.25) is 0 Å². The van der Waals surface area contributed by atoms with Crippen LogP contribution in [-0.4, -0.2) is 13.1 Å². The van der Waals surface area contributed by atoms with Crippen LogP contribution in [0.3, 0.4) is 0 Å². The Bertz CT molecular complexity index is 268. The molecule has 78 valence electrons. The van der Waals surface area contributed by atoms with Gasteiger partial charge >= 0.3 is 0 Å². The van der Waals surface area contributed by atoms with Crippen molar-refractivity contribution in [3.05, 3.63) is 35.4 Å². The normalized spacial score (nSPS) is 12.8. The fourth-order valence-corrected chi connectivity index (χ4v) is 1.79. The summed E-state index contributed by atoms with van der Waals surface area (Å²) in [6, 6.07) is 8.67. The minimum atomic E-state index is 0.662. The summed E-state index contributed by atoms with van der Waals surface area (Å²) in [5.74, 6) is 0.662. The zero-order valence-electron chi connectivity index (χ0n) is 9.51. The molecule has 0 saturated carbocycles. The number of rotatable bonds is 5. The second kappa shape index (κ2) is 5.82. The van der Waals surface area contributed by atoms with Crippen LogP contribution in [-0.2, 0) is 0 Å². The van der Waals surface area contributed by atoms with Gasteiger partial charge in [-0.05, 0) is 43.5 Å². The van der Waals surface area contributed by atoms with E-state index in [0.29, 0.717) is 5.92 Å². The Labute approximate surface area is 87.5 Å². The molecule has 0 aliphatic rings. The summed E-state index contributed by atoms with van der Waals surface area (Å²) in [6.07, 6.45) is 1.22. The van der Waals surface area contributed by atoms with Gasteiger partial charge in [0.15, 0.2) is 0 Å². The zero-order chi connectivity index (χ0) is 10.4. The lowest BCUT2D eigenvalue weighted by Crippen LogP contribution is -2.16. The molecule has 1 aromatic rings. The first kappa shape index (κ1) is 11.3. The van der Waals surface area contributed by atoms with Crippen LogP contribution in [0.5, 0.6) is 0 Å². The Morgan fingerprint density at radius 3 is 2.64 bits per heavy atom. The topological polar surface area (TPSA) is 12.0 Å². The van der Waals surface area contributed by atoms with Crippen molar-refractivity contribution in [2.75, 3.05) is 13.1 Å². The summed E-state index contributed by atoms with van der Waals surface area (Å²) in [6.45, 7) is 8.84. The summed E-state index contributed by atoms with van der Waals surface area (Å²) < 4.78 is 0. The lowest BCUT2D eigenvalue weighted by molar-refractivity contribution is 0.607. The van der Waals surface area contributed by atoms with Crippen LogP contribution in [0.25, 0.3) is 0 Å². The van der Waals surface area contributed by atoms with Gasteiger partial charge in [0.05, 0.1) is 0 Å². The van der Waals surface area contributed by atoms with Crippen molar-refractivity contribution in [1.82, 2.24) is 5.32 Å². The van der Waals surface area contributed by atoms with Gasteiger partial charge in [-0.2, -0.15) is 0 Å². The van der Waals surface area contributed by atoms with E-state index in [0.717, 1.165) is 13.1 Å². The van der Waals surface area contributed by atoms with E-state index in [1.807, 2.05) is 0 Å². The molecule has 1 N–H and O–H groups in total. The average molecular weight is 191 g/mol. The number of aryl methyl sites for hydroxylation is 1. The van der Waals surface area contributed by atoms with Crippen molar-refractivity contribution >= 4 is 0 Å². The molecule has 0 radical (unpaired) electrons. The third kappa shape index (κ3) is 3.15. The predicted octanol–water partition coefficient (Wildman–Crippen LogP) is 3.10. The summed E-state index contributed by atoms with van der Waals surface area (Å²) in [4.78, 5) is 0. The van der Waals surface area contributed by atoms with Crippen molar-refractivity contribution in [2.45, 2.75) is 33.1 Å². The van der Waals surface area contributed by atoms with E-state index in [-0.39, 0.29) is 0 Å². The molecule has 0 heterocycles. The molecule has 0 amide bonds. The number of nitrogens with one attached hydrogen (secondary N) is 1. The second-order valence-corrected chi connectivity index (χ2v) is 3.90. The molecule has 1 unspecified atom stereocenters. The summed E-state index contributed by atoms with van der Waals surface area (Å²) in [5.41, 5.74) is 2.90. The van der Waals surface area contributed by atoms with Crippen LogP contribution >= 0.6 is 0 Å². The van der Waals surface area contributed by atoms with Crippen LogP contribution in [0.1, 0.15) is 37.3 Å². The molecule has 0 aromatic heterocycles. The summed E-state index contributed by atoms with van der Waals surface area (Å²) in [5, 5.41) is 3.37. The molecular formula is C13H21N. The first-order chi connectivity index (χ1) is 6.75. The fourth-order valence-electron chi connectivity index (χ4n) is 1.79. The van der Waals surface area contributed by atoms with Crippen molar-refractivity contribution < 1.29 is 0 Å². The average Bonchev–Trinajstić information content (AvgIpc) is 2.18. The molecule has 0 fully saturated rings. The molecular weight excluding hydrogens is 170 g/mol. The molecule has 0 bridgehead atoms. The molecule has 1 rings (SSSR count). The number of benzene rings is 1. The Morgan fingerprint density at radius 1 is 1.29 bits per heavy atom. The highest BCUT2D eigenvalue weighted by Crippen LogP contribution is 2.21. The molecule has 0 aliphatic heterocycles. The summed E-state index contributed by atoms with van der Waals surface area (Å²) >= 11 is 0. The van der Waals surface area contributed by atoms with Gasteiger partial charge in [0.1, 0.15) is 0 Å². The van der Waals surface area contributed by atoms with E-state index in [1.54, 1.807) is 0 Å². The lowest BCUT2D eigenvalue weighted by atomic mass is 9.94. The standard InChI is InChI=1S/C13H21N/c1-4-14-10-9-12(3)13-8-6-5-7-11(13)2/h5-8,12,14H,4,9-10H2,1-3H3. The zero-order valence-corrected chi connectivity index (χ0v) is 9.51. The largest absolute Gasteiger partial charge is 0.317 e. The molecule has 0 saturated heterocycles. The number of hydrogen-bond acceptors (Lipinski definition) is 1. The highest BCUT2D eigenvalue weighted by Gasteiger charge is 2.06. The smallest absolute Gasteiger partial charge is 0.00433 e. The van der Waals surface area contributed by atoms with Crippen molar-refractivity contribution in [3.63, 3.8) is 0 Å². The van der Waals surface area contributed by atoms with Crippen molar-refractivity contribution in [2.24, 2.45) is 0 Å². The molecule has 14 heavy (non-hydrogen) atoms. The maximum Gasteiger partial charge on any atom is -0.00433 e. The predicted molar refractivity (Wildman–Crippen MR) is 62.8 cm³/mol. The number of hydrogen-bond donors (Lipinski definition) is 1. The van der Waals surface area contributed by atoms with Crippen LogP contribution in [0.2, 0.25) is 0 Å². The maximum absolute atomic E-state index is 3.37. The van der Waals surface area contributed by atoms with Gasteiger partial charge < -0.3 is 5.32 Å². The first-order valence-electron chi connectivity index (χ1n) is 5.52. The first-order valence-corrected chi connectivity index (χ1v) is 5.52. The molecule has 0 spiro atoms. The maximum atomic E-state index is 3.37. The van der Waals surface area contributed by atoms with E-state index in [2.05, 4.69) is 50.4 Å². The fraction of sp³-hybridized carbons (Fsp3) is 0.538.